The van der Waals surface area contributed by atoms with Gasteiger partial charge in [-0.3, -0.25) is 0 Å². The van der Waals surface area contributed by atoms with Gasteiger partial charge in [-0.2, -0.15) is 0 Å². The second-order valence-electron chi connectivity index (χ2n) is 5.65. The summed E-state index contributed by atoms with van der Waals surface area (Å²) in [5, 5.41) is 4.96. The van der Waals surface area contributed by atoms with Crippen LogP contribution < -0.4 is 5.32 Å². The molecule has 3 rings (SSSR count). The van der Waals surface area contributed by atoms with Crippen LogP contribution in [0.4, 0.5) is 0 Å². The molecule has 1 aromatic heterocycles. The monoisotopic (exact) mass is 286 g/mol. The van der Waals surface area contributed by atoms with Crippen LogP contribution in [0.1, 0.15) is 47.0 Å². The van der Waals surface area contributed by atoms with E-state index in [1.165, 1.54) is 41.1 Å². The molecule has 0 amide bonds. The second-order valence-corrected chi connectivity index (χ2v) is 6.97. The fourth-order valence-electron chi connectivity index (χ4n) is 3.18. The molecule has 1 heterocycles. The molecule has 20 heavy (non-hydrogen) atoms. The summed E-state index contributed by atoms with van der Waals surface area (Å²) in [5.41, 5.74) is 1.49. The van der Waals surface area contributed by atoms with Gasteiger partial charge in [0.15, 0.2) is 0 Å². The lowest BCUT2D eigenvalue weighted by Crippen LogP contribution is -2.36. The van der Waals surface area contributed by atoms with E-state index in [4.69, 9.17) is 0 Å². The van der Waals surface area contributed by atoms with Crippen molar-refractivity contribution in [2.24, 2.45) is 0 Å². The van der Waals surface area contributed by atoms with E-state index < -0.39 is 0 Å². The van der Waals surface area contributed by atoms with Gasteiger partial charge in [0.1, 0.15) is 5.01 Å². The zero-order chi connectivity index (χ0) is 13.8. The third-order valence-electron chi connectivity index (χ3n) is 4.18. The van der Waals surface area contributed by atoms with E-state index in [0.717, 1.165) is 6.54 Å². The summed E-state index contributed by atoms with van der Waals surface area (Å²) in [7, 11) is 0. The van der Waals surface area contributed by atoms with Crippen LogP contribution in [0.25, 0.3) is 0 Å². The number of aromatic nitrogens is 1. The average molecular weight is 286 g/mol. The van der Waals surface area contributed by atoms with Crippen LogP contribution >= 0.6 is 11.3 Å². The minimum absolute atomic E-state index is 0.593. The molecule has 3 heteroatoms. The van der Waals surface area contributed by atoms with Gasteiger partial charge >= 0.3 is 0 Å². The number of nitrogens with zero attached hydrogens (tertiary/aromatic N) is 1. The van der Waals surface area contributed by atoms with Crippen LogP contribution in [0.15, 0.2) is 36.5 Å². The molecule has 0 radical (unpaired) electrons. The van der Waals surface area contributed by atoms with Crippen molar-refractivity contribution in [3.63, 3.8) is 0 Å². The Morgan fingerprint density at radius 1 is 1.20 bits per heavy atom. The van der Waals surface area contributed by atoms with Gasteiger partial charge in [-0.05, 0) is 31.2 Å². The SMILES string of the molecule is Cc1cnc(CNC2CCCCC2c2ccccc2)s1. The van der Waals surface area contributed by atoms with Crippen molar-refractivity contribution < 1.29 is 0 Å². The van der Waals surface area contributed by atoms with Crippen molar-refractivity contribution in [2.45, 2.75) is 51.1 Å². The second kappa shape index (κ2) is 6.51. The minimum Gasteiger partial charge on any atom is -0.307 e. The predicted molar refractivity (Wildman–Crippen MR) is 85.1 cm³/mol. The molecule has 106 valence electrons. The molecule has 1 aliphatic rings. The molecule has 1 aliphatic carbocycles. The summed E-state index contributed by atoms with van der Waals surface area (Å²) in [6, 6.07) is 11.6. The Bertz CT molecular complexity index is 535. The van der Waals surface area contributed by atoms with Gasteiger partial charge in [-0.1, -0.05) is 43.2 Å². The largest absolute Gasteiger partial charge is 0.307 e. The normalized spacial score (nSPS) is 22.9. The van der Waals surface area contributed by atoms with E-state index in [9.17, 15) is 0 Å². The van der Waals surface area contributed by atoms with Gasteiger partial charge in [-0.25, -0.2) is 4.98 Å². The number of hydrogen-bond acceptors (Lipinski definition) is 3. The van der Waals surface area contributed by atoms with Crippen molar-refractivity contribution >= 4 is 11.3 Å². The third kappa shape index (κ3) is 3.28. The molecule has 1 aromatic carbocycles. The van der Waals surface area contributed by atoms with Crippen molar-refractivity contribution in [1.82, 2.24) is 10.3 Å². The van der Waals surface area contributed by atoms with Crippen LogP contribution in [0.2, 0.25) is 0 Å². The molecular formula is C17H22N2S. The molecule has 1 N–H and O–H groups in total. The zero-order valence-electron chi connectivity index (χ0n) is 12.0. The van der Waals surface area contributed by atoms with Crippen molar-refractivity contribution in [1.29, 1.82) is 0 Å². The number of hydrogen-bond donors (Lipinski definition) is 1. The molecule has 1 fully saturated rings. The van der Waals surface area contributed by atoms with E-state index in [1.807, 2.05) is 6.20 Å². The Morgan fingerprint density at radius 2 is 2.00 bits per heavy atom. The van der Waals surface area contributed by atoms with E-state index in [0.29, 0.717) is 12.0 Å². The zero-order valence-corrected chi connectivity index (χ0v) is 12.8. The summed E-state index contributed by atoms with van der Waals surface area (Å²) < 4.78 is 0. The first-order chi connectivity index (χ1) is 9.83. The van der Waals surface area contributed by atoms with E-state index in [1.54, 1.807) is 11.3 Å². The van der Waals surface area contributed by atoms with Crippen LogP contribution in [0, 0.1) is 6.92 Å². The Balaban J connectivity index is 1.66. The Kier molecular flexibility index (Phi) is 4.48. The number of nitrogens with one attached hydrogen (secondary N) is 1. The molecule has 1 saturated carbocycles. The summed E-state index contributed by atoms with van der Waals surface area (Å²) in [4.78, 5) is 5.75. The van der Waals surface area contributed by atoms with Gasteiger partial charge in [0, 0.05) is 23.7 Å². The number of thiazole rings is 1. The van der Waals surface area contributed by atoms with Crippen molar-refractivity contribution in [2.75, 3.05) is 0 Å². The molecule has 2 aromatic rings. The highest BCUT2D eigenvalue weighted by Crippen LogP contribution is 2.33. The lowest BCUT2D eigenvalue weighted by atomic mass is 9.80. The Morgan fingerprint density at radius 3 is 2.75 bits per heavy atom. The van der Waals surface area contributed by atoms with Crippen LogP contribution in [-0.4, -0.2) is 11.0 Å². The summed E-state index contributed by atoms with van der Waals surface area (Å²) >= 11 is 1.80. The average Bonchev–Trinajstić information content (AvgIpc) is 2.92. The van der Waals surface area contributed by atoms with E-state index >= 15 is 0 Å². The maximum Gasteiger partial charge on any atom is 0.107 e. The van der Waals surface area contributed by atoms with Crippen LogP contribution in [0.3, 0.4) is 0 Å². The number of rotatable bonds is 4. The first-order valence-electron chi connectivity index (χ1n) is 7.52. The van der Waals surface area contributed by atoms with Crippen molar-refractivity contribution in [3.8, 4) is 0 Å². The topological polar surface area (TPSA) is 24.9 Å². The summed E-state index contributed by atoms with van der Waals surface area (Å²) in [6.07, 6.45) is 7.26. The fourth-order valence-corrected chi connectivity index (χ4v) is 3.91. The van der Waals surface area contributed by atoms with Crippen LogP contribution in [0.5, 0.6) is 0 Å². The summed E-state index contributed by atoms with van der Waals surface area (Å²) in [6.45, 7) is 3.03. The first kappa shape index (κ1) is 13.8. The predicted octanol–water partition coefficient (Wildman–Crippen LogP) is 4.27. The maximum absolute atomic E-state index is 4.45. The van der Waals surface area contributed by atoms with Gasteiger partial charge in [-0.15, -0.1) is 11.3 Å². The molecule has 0 aliphatic heterocycles. The Hall–Kier alpha value is -1.19. The molecule has 2 atom stereocenters. The van der Waals surface area contributed by atoms with Gasteiger partial charge in [0.25, 0.3) is 0 Å². The summed E-state index contributed by atoms with van der Waals surface area (Å²) in [5.74, 6) is 0.658. The first-order valence-corrected chi connectivity index (χ1v) is 8.34. The Labute approximate surface area is 125 Å². The fraction of sp³-hybridized carbons (Fsp3) is 0.471. The number of aryl methyl sites for hydroxylation is 1. The van der Waals surface area contributed by atoms with Crippen molar-refractivity contribution in [3.05, 3.63) is 52.0 Å². The lowest BCUT2D eigenvalue weighted by Gasteiger charge is -2.32. The molecule has 2 nitrogen and oxygen atoms in total. The number of benzene rings is 1. The molecule has 2 unspecified atom stereocenters. The molecule has 0 spiro atoms. The molecule has 0 saturated heterocycles. The van der Waals surface area contributed by atoms with Gasteiger partial charge in [0.05, 0.1) is 0 Å². The third-order valence-corrected chi connectivity index (χ3v) is 5.09. The van der Waals surface area contributed by atoms with E-state index in [2.05, 4.69) is 47.6 Å². The minimum atomic E-state index is 0.593. The smallest absolute Gasteiger partial charge is 0.107 e. The standard InChI is InChI=1S/C17H22N2S/c1-13-11-19-17(20-13)12-18-16-10-6-5-9-15(16)14-7-3-2-4-8-14/h2-4,7-8,11,15-16,18H,5-6,9-10,12H2,1H3. The van der Waals surface area contributed by atoms with Crippen LogP contribution in [-0.2, 0) is 6.54 Å². The quantitative estimate of drug-likeness (QED) is 0.908. The van der Waals surface area contributed by atoms with Gasteiger partial charge < -0.3 is 5.32 Å². The highest BCUT2D eigenvalue weighted by Gasteiger charge is 2.25. The maximum atomic E-state index is 4.45. The van der Waals surface area contributed by atoms with E-state index in [-0.39, 0.29) is 0 Å². The molecular weight excluding hydrogens is 264 g/mol. The lowest BCUT2D eigenvalue weighted by molar-refractivity contribution is 0.326. The molecule has 0 bridgehead atoms. The highest BCUT2D eigenvalue weighted by atomic mass is 32.1. The highest BCUT2D eigenvalue weighted by molar-refractivity contribution is 7.11. The van der Waals surface area contributed by atoms with Gasteiger partial charge in [0.2, 0.25) is 0 Å².